The third-order valence-corrected chi connectivity index (χ3v) is 3.11. The lowest BCUT2D eigenvalue weighted by Gasteiger charge is -2.09. The van der Waals surface area contributed by atoms with Crippen LogP contribution in [0.1, 0.15) is 42.9 Å². The van der Waals surface area contributed by atoms with Crippen LogP contribution in [0.25, 0.3) is 0 Å². The molecule has 0 unspecified atom stereocenters. The minimum Gasteiger partial charge on any atom is -0.331 e. The molecular weight excluding hydrogens is 178 g/mol. The maximum atomic E-state index is 9.38. The van der Waals surface area contributed by atoms with Crippen molar-refractivity contribution in [2.45, 2.75) is 45.3 Å². The second kappa shape index (κ2) is 2.81. The molecule has 0 amide bonds. The summed E-state index contributed by atoms with van der Waals surface area (Å²) in [6.07, 6.45) is 2.58. The van der Waals surface area contributed by atoms with Crippen LogP contribution in [0.15, 0.2) is 0 Å². The van der Waals surface area contributed by atoms with Crippen LogP contribution in [0.3, 0.4) is 0 Å². The molecule has 14 heavy (non-hydrogen) atoms. The van der Waals surface area contributed by atoms with E-state index >= 15 is 0 Å². The summed E-state index contributed by atoms with van der Waals surface area (Å²) >= 11 is 0. The lowest BCUT2D eigenvalue weighted by atomic mass is 10.3. The molecule has 1 aromatic heterocycles. The Balaban J connectivity index is 2.04. The summed E-state index contributed by atoms with van der Waals surface area (Å²) in [4.78, 5) is 4.64. The Labute approximate surface area is 83.1 Å². The van der Waals surface area contributed by atoms with E-state index in [0.717, 1.165) is 12.2 Å². The third kappa shape index (κ3) is 1.11. The SMILES string of the molecule is CCn1c(C2CC2)nc2c1CN(O)C2. The van der Waals surface area contributed by atoms with E-state index in [1.807, 2.05) is 0 Å². The van der Waals surface area contributed by atoms with E-state index in [2.05, 4.69) is 16.5 Å². The van der Waals surface area contributed by atoms with Gasteiger partial charge in [0.2, 0.25) is 0 Å². The van der Waals surface area contributed by atoms with Gasteiger partial charge in [-0.05, 0) is 19.8 Å². The number of fused-ring (bicyclic) bond motifs is 1. The molecule has 2 aliphatic rings. The lowest BCUT2D eigenvalue weighted by Crippen LogP contribution is -2.13. The fraction of sp³-hybridized carbons (Fsp3) is 0.700. The molecule has 4 nitrogen and oxygen atoms in total. The monoisotopic (exact) mass is 193 g/mol. The predicted molar refractivity (Wildman–Crippen MR) is 50.9 cm³/mol. The van der Waals surface area contributed by atoms with E-state index in [9.17, 15) is 5.21 Å². The van der Waals surface area contributed by atoms with E-state index in [0.29, 0.717) is 19.0 Å². The average Bonchev–Trinajstić information content (AvgIpc) is 2.85. The number of hydrogen-bond donors (Lipinski definition) is 1. The molecule has 2 heterocycles. The Morgan fingerprint density at radius 2 is 2.21 bits per heavy atom. The molecule has 76 valence electrons. The highest BCUT2D eigenvalue weighted by Gasteiger charge is 2.33. The number of aromatic nitrogens is 2. The van der Waals surface area contributed by atoms with E-state index in [-0.39, 0.29) is 0 Å². The first-order valence-electron chi connectivity index (χ1n) is 5.31. The van der Waals surface area contributed by atoms with Crippen LogP contribution in [0, 0.1) is 0 Å². The van der Waals surface area contributed by atoms with Gasteiger partial charge in [-0.3, -0.25) is 0 Å². The van der Waals surface area contributed by atoms with Gasteiger partial charge in [-0.15, -0.1) is 0 Å². The van der Waals surface area contributed by atoms with Gasteiger partial charge in [-0.1, -0.05) is 0 Å². The molecule has 0 atom stereocenters. The molecule has 1 N–H and O–H groups in total. The van der Waals surface area contributed by atoms with Gasteiger partial charge in [0.05, 0.1) is 24.5 Å². The highest BCUT2D eigenvalue weighted by Crippen LogP contribution is 2.41. The van der Waals surface area contributed by atoms with E-state index < -0.39 is 0 Å². The van der Waals surface area contributed by atoms with Crippen molar-refractivity contribution < 1.29 is 5.21 Å². The summed E-state index contributed by atoms with van der Waals surface area (Å²) in [5.74, 6) is 1.96. The van der Waals surface area contributed by atoms with Gasteiger partial charge in [-0.2, -0.15) is 5.06 Å². The van der Waals surface area contributed by atoms with Crippen molar-refractivity contribution in [2.24, 2.45) is 0 Å². The standard InChI is InChI=1S/C10H15N3O/c1-2-13-9-6-12(14)5-8(9)11-10(13)7-3-4-7/h7,14H,2-6H2,1H3. The first-order valence-corrected chi connectivity index (χ1v) is 5.31. The van der Waals surface area contributed by atoms with Gasteiger partial charge in [0.25, 0.3) is 0 Å². The molecule has 4 heteroatoms. The van der Waals surface area contributed by atoms with Crippen molar-refractivity contribution in [1.29, 1.82) is 0 Å². The first kappa shape index (κ1) is 8.44. The Morgan fingerprint density at radius 3 is 2.86 bits per heavy atom. The summed E-state index contributed by atoms with van der Waals surface area (Å²) in [6, 6.07) is 0. The molecule has 0 aromatic carbocycles. The summed E-state index contributed by atoms with van der Waals surface area (Å²) in [5, 5.41) is 10.7. The molecule has 0 spiro atoms. The minimum absolute atomic E-state index is 0.599. The van der Waals surface area contributed by atoms with E-state index in [1.165, 1.54) is 29.4 Å². The van der Waals surface area contributed by atoms with Gasteiger partial charge < -0.3 is 9.77 Å². The molecule has 1 saturated carbocycles. The molecule has 1 fully saturated rings. The summed E-state index contributed by atoms with van der Waals surface area (Å²) in [6.45, 7) is 4.36. The third-order valence-electron chi connectivity index (χ3n) is 3.11. The van der Waals surface area contributed by atoms with Gasteiger partial charge in [-0.25, -0.2) is 4.98 Å². The van der Waals surface area contributed by atoms with Crippen LogP contribution in [0.2, 0.25) is 0 Å². The Hall–Kier alpha value is -0.870. The first-order chi connectivity index (χ1) is 6.79. The van der Waals surface area contributed by atoms with Crippen molar-refractivity contribution in [1.82, 2.24) is 14.6 Å². The normalized spacial score (nSPS) is 21.6. The van der Waals surface area contributed by atoms with Gasteiger partial charge in [0.1, 0.15) is 5.82 Å². The molecule has 1 aliphatic heterocycles. The fourth-order valence-electron chi connectivity index (χ4n) is 2.27. The number of rotatable bonds is 2. The lowest BCUT2D eigenvalue weighted by molar-refractivity contribution is -0.0986. The largest absolute Gasteiger partial charge is 0.331 e. The zero-order chi connectivity index (χ0) is 9.71. The smallest absolute Gasteiger partial charge is 0.112 e. The highest BCUT2D eigenvalue weighted by molar-refractivity contribution is 5.24. The van der Waals surface area contributed by atoms with Crippen molar-refractivity contribution in [3.8, 4) is 0 Å². The van der Waals surface area contributed by atoms with Gasteiger partial charge >= 0.3 is 0 Å². The van der Waals surface area contributed by atoms with Crippen LogP contribution >= 0.6 is 0 Å². The Kier molecular flexibility index (Phi) is 1.69. The summed E-state index contributed by atoms with van der Waals surface area (Å²) in [5.41, 5.74) is 2.30. The predicted octanol–water partition coefficient (Wildman–Crippen LogP) is 1.49. The number of hydrogen-bond acceptors (Lipinski definition) is 3. The minimum atomic E-state index is 0.599. The van der Waals surface area contributed by atoms with Crippen LogP contribution in [-0.4, -0.2) is 19.8 Å². The molecule has 1 aliphatic carbocycles. The maximum Gasteiger partial charge on any atom is 0.112 e. The summed E-state index contributed by atoms with van der Waals surface area (Å²) < 4.78 is 2.28. The molecule has 0 saturated heterocycles. The highest BCUT2D eigenvalue weighted by atomic mass is 16.5. The van der Waals surface area contributed by atoms with E-state index in [1.54, 1.807) is 0 Å². The second-order valence-electron chi connectivity index (χ2n) is 4.20. The quantitative estimate of drug-likeness (QED) is 0.773. The van der Waals surface area contributed by atoms with E-state index in [4.69, 9.17) is 0 Å². The molecule has 3 rings (SSSR count). The second-order valence-corrected chi connectivity index (χ2v) is 4.20. The fourth-order valence-corrected chi connectivity index (χ4v) is 2.27. The molecule has 0 bridgehead atoms. The average molecular weight is 193 g/mol. The number of hydroxylamine groups is 2. The van der Waals surface area contributed by atoms with Crippen molar-refractivity contribution >= 4 is 0 Å². The molecule has 1 aromatic rings. The zero-order valence-electron chi connectivity index (χ0n) is 8.40. The Bertz CT molecular complexity index is 368. The molecular formula is C10H15N3O. The maximum absolute atomic E-state index is 9.38. The number of imidazole rings is 1. The van der Waals surface area contributed by atoms with Crippen molar-refractivity contribution in [2.75, 3.05) is 0 Å². The van der Waals surface area contributed by atoms with Crippen LogP contribution < -0.4 is 0 Å². The van der Waals surface area contributed by atoms with Crippen LogP contribution in [0.5, 0.6) is 0 Å². The zero-order valence-corrected chi connectivity index (χ0v) is 8.40. The van der Waals surface area contributed by atoms with Crippen LogP contribution in [0.4, 0.5) is 0 Å². The Morgan fingerprint density at radius 1 is 1.43 bits per heavy atom. The van der Waals surface area contributed by atoms with Crippen molar-refractivity contribution in [3.63, 3.8) is 0 Å². The number of nitrogens with zero attached hydrogens (tertiary/aromatic N) is 3. The van der Waals surface area contributed by atoms with Crippen molar-refractivity contribution in [3.05, 3.63) is 17.2 Å². The topological polar surface area (TPSA) is 41.3 Å². The van der Waals surface area contributed by atoms with Gasteiger partial charge in [0.15, 0.2) is 0 Å². The summed E-state index contributed by atoms with van der Waals surface area (Å²) in [7, 11) is 0. The van der Waals surface area contributed by atoms with Crippen LogP contribution in [-0.2, 0) is 19.6 Å². The van der Waals surface area contributed by atoms with Gasteiger partial charge in [0, 0.05) is 12.5 Å². The molecule has 0 radical (unpaired) electrons.